The maximum atomic E-state index is 8.66. The standard InChI is InChI=1S/C12H20N6O/c13-11-10-12(16-8-15-11)18(9-17-10)6-5-14-4-2-1-3-7-19/h8-9,14,19H,1-7H2,(H2,13,15,16). The first-order valence-electron chi connectivity index (χ1n) is 6.56. The molecule has 0 saturated carbocycles. The molecule has 4 N–H and O–H groups in total. The van der Waals surface area contributed by atoms with Gasteiger partial charge in [0.1, 0.15) is 11.8 Å². The molecule has 7 heteroatoms. The summed E-state index contributed by atoms with van der Waals surface area (Å²) in [6, 6.07) is 0. The maximum absolute atomic E-state index is 8.66. The van der Waals surface area contributed by atoms with E-state index in [0.717, 1.165) is 44.5 Å². The second kappa shape index (κ2) is 7.01. The molecule has 2 aromatic rings. The van der Waals surface area contributed by atoms with Crippen molar-refractivity contribution < 1.29 is 5.11 Å². The Bertz CT molecular complexity index is 512. The minimum absolute atomic E-state index is 0.280. The van der Waals surface area contributed by atoms with E-state index < -0.39 is 0 Å². The third-order valence-electron chi connectivity index (χ3n) is 2.97. The molecule has 2 rings (SSSR count). The van der Waals surface area contributed by atoms with Crippen molar-refractivity contribution in [3.05, 3.63) is 12.7 Å². The number of anilines is 1. The van der Waals surface area contributed by atoms with E-state index in [0.29, 0.717) is 11.3 Å². The Morgan fingerprint density at radius 2 is 2.05 bits per heavy atom. The van der Waals surface area contributed by atoms with Crippen molar-refractivity contribution in [3.8, 4) is 0 Å². The van der Waals surface area contributed by atoms with E-state index >= 15 is 0 Å². The Kier molecular flexibility index (Phi) is 5.05. The molecule has 0 aliphatic heterocycles. The van der Waals surface area contributed by atoms with Crippen molar-refractivity contribution in [2.24, 2.45) is 0 Å². The summed E-state index contributed by atoms with van der Waals surface area (Å²) in [5.41, 5.74) is 7.16. The SMILES string of the molecule is Nc1ncnc2c1ncn2CCNCCCCCO. The van der Waals surface area contributed by atoms with Crippen LogP contribution in [0.3, 0.4) is 0 Å². The molecule has 2 aromatic heterocycles. The van der Waals surface area contributed by atoms with Gasteiger partial charge in [-0.1, -0.05) is 0 Å². The van der Waals surface area contributed by atoms with Gasteiger partial charge in [0.15, 0.2) is 11.5 Å². The zero-order valence-electron chi connectivity index (χ0n) is 10.9. The number of nitrogens with one attached hydrogen (secondary N) is 1. The van der Waals surface area contributed by atoms with Crippen molar-refractivity contribution in [3.63, 3.8) is 0 Å². The number of hydrogen-bond acceptors (Lipinski definition) is 6. The zero-order chi connectivity index (χ0) is 13.5. The topological polar surface area (TPSA) is 102 Å². The number of imidazole rings is 1. The minimum atomic E-state index is 0.280. The molecule has 0 aliphatic carbocycles. The first-order valence-corrected chi connectivity index (χ1v) is 6.56. The minimum Gasteiger partial charge on any atom is -0.396 e. The van der Waals surface area contributed by atoms with Crippen molar-refractivity contribution >= 4 is 17.0 Å². The Balaban J connectivity index is 1.77. The highest BCUT2D eigenvalue weighted by Gasteiger charge is 2.06. The van der Waals surface area contributed by atoms with Crippen LogP contribution >= 0.6 is 0 Å². The van der Waals surface area contributed by atoms with Gasteiger partial charge in [0.2, 0.25) is 0 Å². The first-order chi connectivity index (χ1) is 9.33. The molecule has 2 heterocycles. The molecule has 7 nitrogen and oxygen atoms in total. The van der Waals surface area contributed by atoms with E-state index in [1.807, 2.05) is 4.57 Å². The molecular formula is C12H20N6O. The Morgan fingerprint density at radius 3 is 2.89 bits per heavy atom. The Morgan fingerprint density at radius 1 is 1.16 bits per heavy atom. The lowest BCUT2D eigenvalue weighted by Crippen LogP contribution is -2.21. The van der Waals surface area contributed by atoms with Crippen LogP contribution < -0.4 is 11.1 Å². The molecule has 104 valence electrons. The molecule has 0 fully saturated rings. The second-order valence-corrected chi connectivity index (χ2v) is 4.40. The summed E-state index contributed by atoms with van der Waals surface area (Å²) in [4.78, 5) is 12.3. The van der Waals surface area contributed by atoms with Gasteiger partial charge in [-0.2, -0.15) is 0 Å². The van der Waals surface area contributed by atoms with Crippen LogP contribution in [-0.4, -0.2) is 44.3 Å². The summed E-state index contributed by atoms with van der Waals surface area (Å²) >= 11 is 0. The van der Waals surface area contributed by atoms with Gasteiger partial charge in [-0.05, 0) is 25.8 Å². The smallest absolute Gasteiger partial charge is 0.165 e. The van der Waals surface area contributed by atoms with Crippen LogP contribution in [0, 0.1) is 0 Å². The van der Waals surface area contributed by atoms with Crippen LogP contribution in [0.2, 0.25) is 0 Å². The van der Waals surface area contributed by atoms with E-state index in [4.69, 9.17) is 10.8 Å². The number of nitrogens with two attached hydrogens (primary N) is 1. The molecule has 0 aliphatic rings. The third kappa shape index (κ3) is 3.62. The monoisotopic (exact) mass is 264 g/mol. The number of aliphatic hydroxyl groups is 1. The molecule has 0 aromatic carbocycles. The van der Waals surface area contributed by atoms with Gasteiger partial charge < -0.3 is 20.7 Å². The molecule has 0 saturated heterocycles. The van der Waals surface area contributed by atoms with Crippen LogP contribution in [0.5, 0.6) is 0 Å². The van der Waals surface area contributed by atoms with Gasteiger partial charge in [0.25, 0.3) is 0 Å². The number of fused-ring (bicyclic) bond motifs is 1. The number of aliphatic hydroxyl groups excluding tert-OH is 1. The normalized spacial score (nSPS) is 11.2. The van der Waals surface area contributed by atoms with E-state index in [1.54, 1.807) is 6.33 Å². The summed E-state index contributed by atoms with van der Waals surface area (Å²) in [6.45, 7) is 2.90. The number of rotatable bonds is 8. The molecule has 0 unspecified atom stereocenters. The fourth-order valence-electron chi connectivity index (χ4n) is 1.93. The molecule has 19 heavy (non-hydrogen) atoms. The van der Waals surface area contributed by atoms with Gasteiger partial charge in [0.05, 0.1) is 6.33 Å². The van der Waals surface area contributed by atoms with E-state index in [9.17, 15) is 0 Å². The number of nitrogens with zero attached hydrogens (tertiary/aromatic N) is 4. The van der Waals surface area contributed by atoms with Crippen LogP contribution in [-0.2, 0) is 6.54 Å². The summed E-state index contributed by atoms with van der Waals surface area (Å²) < 4.78 is 1.97. The predicted molar refractivity (Wildman–Crippen MR) is 73.5 cm³/mol. The summed E-state index contributed by atoms with van der Waals surface area (Å²) in [5.74, 6) is 0.417. The fourth-order valence-corrected chi connectivity index (χ4v) is 1.93. The van der Waals surface area contributed by atoms with Crippen molar-refractivity contribution in [2.45, 2.75) is 25.8 Å². The highest BCUT2D eigenvalue weighted by molar-refractivity contribution is 5.80. The summed E-state index contributed by atoms with van der Waals surface area (Å²) in [5, 5.41) is 12.0. The average molecular weight is 264 g/mol. The maximum Gasteiger partial charge on any atom is 0.165 e. The van der Waals surface area contributed by atoms with Gasteiger partial charge in [-0.25, -0.2) is 15.0 Å². The fraction of sp³-hybridized carbons (Fsp3) is 0.583. The van der Waals surface area contributed by atoms with Gasteiger partial charge in [-0.15, -0.1) is 0 Å². The molecule has 0 amide bonds. The lowest BCUT2D eigenvalue weighted by atomic mass is 10.2. The van der Waals surface area contributed by atoms with Crippen LogP contribution in [0.25, 0.3) is 11.2 Å². The van der Waals surface area contributed by atoms with Crippen molar-refractivity contribution in [1.29, 1.82) is 0 Å². The van der Waals surface area contributed by atoms with Crippen LogP contribution in [0.15, 0.2) is 12.7 Å². The highest BCUT2D eigenvalue weighted by Crippen LogP contribution is 2.13. The number of aromatic nitrogens is 4. The predicted octanol–water partition coefficient (Wildman–Crippen LogP) is 0.161. The Hall–Kier alpha value is -1.73. The largest absolute Gasteiger partial charge is 0.396 e. The molecule has 0 bridgehead atoms. The average Bonchev–Trinajstić information content (AvgIpc) is 2.83. The van der Waals surface area contributed by atoms with Gasteiger partial charge >= 0.3 is 0 Å². The van der Waals surface area contributed by atoms with Gasteiger partial charge in [0, 0.05) is 19.7 Å². The van der Waals surface area contributed by atoms with Crippen LogP contribution in [0.4, 0.5) is 5.82 Å². The summed E-state index contributed by atoms with van der Waals surface area (Å²) in [6.07, 6.45) is 6.22. The third-order valence-corrected chi connectivity index (χ3v) is 2.97. The second-order valence-electron chi connectivity index (χ2n) is 4.40. The van der Waals surface area contributed by atoms with Gasteiger partial charge in [-0.3, -0.25) is 0 Å². The highest BCUT2D eigenvalue weighted by atomic mass is 16.2. The molecule has 0 radical (unpaired) electrons. The molecule has 0 atom stereocenters. The quantitative estimate of drug-likeness (QED) is 0.587. The van der Waals surface area contributed by atoms with E-state index in [2.05, 4.69) is 20.3 Å². The number of unbranched alkanes of at least 4 members (excludes halogenated alkanes) is 2. The summed E-state index contributed by atoms with van der Waals surface area (Å²) in [7, 11) is 0. The van der Waals surface area contributed by atoms with E-state index in [-0.39, 0.29) is 6.61 Å². The number of nitrogen functional groups attached to an aromatic ring is 1. The first kappa shape index (κ1) is 13.7. The van der Waals surface area contributed by atoms with Crippen molar-refractivity contribution in [1.82, 2.24) is 24.8 Å². The molecule has 0 spiro atoms. The lowest BCUT2D eigenvalue weighted by molar-refractivity contribution is 0.283. The number of hydrogen-bond donors (Lipinski definition) is 3. The lowest BCUT2D eigenvalue weighted by Gasteiger charge is -2.06. The Labute approximate surface area is 111 Å². The van der Waals surface area contributed by atoms with Crippen molar-refractivity contribution in [2.75, 3.05) is 25.4 Å². The molecular weight excluding hydrogens is 244 g/mol. The zero-order valence-corrected chi connectivity index (χ0v) is 10.9. The van der Waals surface area contributed by atoms with Crippen LogP contribution in [0.1, 0.15) is 19.3 Å². The van der Waals surface area contributed by atoms with E-state index in [1.165, 1.54) is 6.33 Å².